The molecule has 1 heterocycles. The van der Waals surface area contributed by atoms with Gasteiger partial charge in [0.15, 0.2) is 0 Å². The van der Waals surface area contributed by atoms with Crippen LogP contribution >= 0.6 is 11.6 Å². The first-order valence-corrected chi connectivity index (χ1v) is 6.56. The van der Waals surface area contributed by atoms with Crippen molar-refractivity contribution in [1.82, 2.24) is 10.2 Å². The molecular weight excluding hydrogens is 290 g/mol. The number of carbonyl (C=O) groups excluding carboxylic acids is 1. The van der Waals surface area contributed by atoms with Crippen LogP contribution in [0.5, 0.6) is 0 Å². The van der Waals surface area contributed by atoms with Gasteiger partial charge in [0.2, 0.25) is 5.89 Å². The van der Waals surface area contributed by atoms with Crippen molar-refractivity contribution in [2.75, 3.05) is 5.32 Å². The third kappa shape index (κ3) is 3.09. The number of rotatable bonds is 3. The minimum atomic E-state index is -0.457. The Bertz CT molecular complexity index is 771. The number of nitrogens with one attached hydrogen (secondary N) is 1. The Balaban J connectivity index is 1.80. The molecule has 0 radical (unpaired) electrons. The average molecular weight is 300 g/mol. The van der Waals surface area contributed by atoms with Gasteiger partial charge in [-0.2, -0.15) is 0 Å². The Hall–Kier alpha value is -2.66. The number of para-hydroxylation sites is 1. The van der Waals surface area contributed by atoms with Gasteiger partial charge in [0.25, 0.3) is 0 Å². The molecule has 2 aromatic carbocycles. The number of benzene rings is 2. The quantitative estimate of drug-likeness (QED) is 0.801. The number of aromatic nitrogens is 2. The molecule has 0 unspecified atom stereocenters. The van der Waals surface area contributed by atoms with Gasteiger partial charge in [-0.25, -0.2) is 0 Å². The Morgan fingerprint density at radius 3 is 2.62 bits per heavy atom. The molecule has 3 aromatic rings. The molecule has 6 heteroatoms. The zero-order chi connectivity index (χ0) is 14.7. The zero-order valence-corrected chi connectivity index (χ0v) is 11.5. The van der Waals surface area contributed by atoms with Crippen LogP contribution in [0.25, 0.3) is 11.5 Å². The lowest BCUT2D eigenvalue weighted by Gasteiger charge is -2.00. The van der Waals surface area contributed by atoms with E-state index >= 15 is 0 Å². The SMILES string of the molecule is O=C(Nc1ccccc1)c1nnc(-c2cccc(Cl)c2)o1. The Kier molecular flexibility index (Phi) is 3.66. The number of nitrogens with zero attached hydrogens (tertiary/aromatic N) is 2. The fourth-order valence-electron chi connectivity index (χ4n) is 1.76. The molecule has 21 heavy (non-hydrogen) atoms. The third-order valence-electron chi connectivity index (χ3n) is 2.72. The largest absolute Gasteiger partial charge is 0.412 e. The highest BCUT2D eigenvalue weighted by Crippen LogP contribution is 2.21. The van der Waals surface area contributed by atoms with Crippen molar-refractivity contribution < 1.29 is 9.21 Å². The van der Waals surface area contributed by atoms with E-state index in [1.54, 1.807) is 36.4 Å². The number of amides is 1. The van der Waals surface area contributed by atoms with E-state index in [1.165, 1.54) is 0 Å². The molecule has 0 fully saturated rings. The molecule has 1 amide bonds. The molecule has 0 aliphatic heterocycles. The Morgan fingerprint density at radius 1 is 1.05 bits per heavy atom. The number of anilines is 1. The number of halogens is 1. The second-order valence-corrected chi connectivity index (χ2v) is 4.68. The smallest absolute Gasteiger partial charge is 0.313 e. The van der Waals surface area contributed by atoms with Crippen LogP contribution < -0.4 is 5.32 Å². The van der Waals surface area contributed by atoms with Crippen LogP contribution in [0, 0.1) is 0 Å². The zero-order valence-electron chi connectivity index (χ0n) is 10.8. The van der Waals surface area contributed by atoms with Gasteiger partial charge >= 0.3 is 11.8 Å². The van der Waals surface area contributed by atoms with Gasteiger partial charge in [-0.3, -0.25) is 4.79 Å². The molecule has 0 aliphatic rings. The van der Waals surface area contributed by atoms with Crippen LogP contribution in [0.3, 0.4) is 0 Å². The summed E-state index contributed by atoms with van der Waals surface area (Å²) in [6.45, 7) is 0. The van der Waals surface area contributed by atoms with Gasteiger partial charge in [0.1, 0.15) is 0 Å². The fourth-order valence-corrected chi connectivity index (χ4v) is 1.95. The predicted octanol–water partition coefficient (Wildman–Crippen LogP) is 3.64. The van der Waals surface area contributed by atoms with E-state index in [4.69, 9.17) is 16.0 Å². The molecule has 0 saturated heterocycles. The monoisotopic (exact) mass is 299 g/mol. The maximum Gasteiger partial charge on any atom is 0.313 e. The first kappa shape index (κ1) is 13.3. The van der Waals surface area contributed by atoms with Crippen LogP contribution in [0.15, 0.2) is 59.0 Å². The number of hydrogen-bond donors (Lipinski definition) is 1. The summed E-state index contributed by atoms with van der Waals surface area (Å²) >= 11 is 5.90. The van der Waals surface area contributed by atoms with Crippen molar-refractivity contribution >= 4 is 23.2 Å². The highest BCUT2D eigenvalue weighted by Gasteiger charge is 2.16. The second kappa shape index (κ2) is 5.76. The van der Waals surface area contributed by atoms with E-state index in [9.17, 15) is 4.79 Å². The summed E-state index contributed by atoms with van der Waals surface area (Å²) in [5, 5.41) is 10.8. The van der Waals surface area contributed by atoms with Crippen LogP contribution in [-0.4, -0.2) is 16.1 Å². The molecule has 0 spiro atoms. The average Bonchev–Trinajstić information content (AvgIpc) is 2.98. The van der Waals surface area contributed by atoms with Gasteiger partial charge in [-0.1, -0.05) is 35.9 Å². The number of hydrogen-bond acceptors (Lipinski definition) is 4. The van der Waals surface area contributed by atoms with Crippen molar-refractivity contribution in [1.29, 1.82) is 0 Å². The van der Waals surface area contributed by atoms with Crippen LogP contribution in [0.2, 0.25) is 5.02 Å². The summed E-state index contributed by atoms with van der Waals surface area (Å²) in [6, 6.07) is 16.0. The summed E-state index contributed by atoms with van der Waals surface area (Å²) in [7, 11) is 0. The highest BCUT2D eigenvalue weighted by atomic mass is 35.5. The number of carbonyl (C=O) groups is 1. The first-order chi connectivity index (χ1) is 10.2. The molecule has 3 rings (SSSR count). The lowest BCUT2D eigenvalue weighted by Crippen LogP contribution is -2.12. The van der Waals surface area contributed by atoms with E-state index in [-0.39, 0.29) is 11.8 Å². The van der Waals surface area contributed by atoms with E-state index < -0.39 is 5.91 Å². The summed E-state index contributed by atoms with van der Waals surface area (Å²) in [5.74, 6) is -0.313. The fraction of sp³-hybridized carbons (Fsp3) is 0. The molecule has 0 bridgehead atoms. The minimum Gasteiger partial charge on any atom is -0.412 e. The predicted molar refractivity (Wildman–Crippen MR) is 79.1 cm³/mol. The summed E-state index contributed by atoms with van der Waals surface area (Å²) < 4.78 is 5.37. The van der Waals surface area contributed by atoms with Gasteiger partial charge < -0.3 is 9.73 Å². The summed E-state index contributed by atoms with van der Waals surface area (Å²) in [6.07, 6.45) is 0. The van der Waals surface area contributed by atoms with Crippen molar-refractivity contribution in [3.8, 4) is 11.5 Å². The molecule has 5 nitrogen and oxygen atoms in total. The van der Waals surface area contributed by atoms with Crippen LogP contribution in [-0.2, 0) is 0 Å². The van der Waals surface area contributed by atoms with Gasteiger partial charge in [0.05, 0.1) is 0 Å². The van der Waals surface area contributed by atoms with E-state index in [0.29, 0.717) is 16.3 Å². The summed E-state index contributed by atoms with van der Waals surface area (Å²) in [5.41, 5.74) is 1.32. The van der Waals surface area contributed by atoms with E-state index in [1.807, 2.05) is 18.2 Å². The highest BCUT2D eigenvalue weighted by molar-refractivity contribution is 6.30. The molecule has 0 aliphatic carbocycles. The van der Waals surface area contributed by atoms with Crippen LogP contribution in [0.4, 0.5) is 5.69 Å². The Morgan fingerprint density at radius 2 is 1.86 bits per heavy atom. The second-order valence-electron chi connectivity index (χ2n) is 4.24. The molecule has 0 atom stereocenters. The van der Waals surface area contributed by atoms with Crippen molar-refractivity contribution in [3.05, 3.63) is 65.5 Å². The maximum absolute atomic E-state index is 12.0. The molecule has 104 valence electrons. The van der Waals surface area contributed by atoms with Crippen molar-refractivity contribution in [3.63, 3.8) is 0 Å². The molecular formula is C15H10ClN3O2. The van der Waals surface area contributed by atoms with Gasteiger partial charge in [-0.05, 0) is 30.3 Å². The van der Waals surface area contributed by atoms with E-state index in [2.05, 4.69) is 15.5 Å². The van der Waals surface area contributed by atoms with Crippen molar-refractivity contribution in [2.24, 2.45) is 0 Å². The molecule has 1 aromatic heterocycles. The maximum atomic E-state index is 12.0. The normalized spacial score (nSPS) is 10.3. The van der Waals surface area contributed by atoms with Crippen LogP contribution in [0.1, 0.15) is 10.7 Å². The topological polar surface area (TPSA) is 68.0 Å². The standard InChI is InChI=1S/C15H10ClN3O2/c16-11-6-4-5-10(9-11)14-18-19-15(21-14)13(20)17-12-7-2-1-3-8-12/h1-9H,(H,17,20). The lowest BCUT2D eigenvalue weighted by molar-refractivity contribution is 0.0991. The summed E-state index contributed by atoms with van der Waals surface area (Å²) in [4.78, 5) is 12.0. The first-order valence-electron chi connectivity index (χ1n) is 6.18. The van der Waals surface area contributed by atoms with Gasteiger partial charge in [-0.15, -0.1) is 10.2 Å². The third-order valence-corrected chi connectivity index (χ3v) is 2.96. The Labute approximate surface area is 125 Å². The van der Waals surface area contributed by atoms with E-state index in [0.717, 1.165) is 0 Å². The minimum absolute atomic E-state index is 0.103. The molecule has 1 N–H and O–H groups in total. The van der Waals surface area contributed by atoms with Gasteiger partial charge in [0, 0.05) is 16.3 Å². The lowest BCUT2D eigenvalue weighted by atomic mass is 10.2. The molecule has 0 saturated carbocycles. The van der Waals surface area contributed by atoms with Crippen molar-refractivity contribution in [2.45, 2.75) is 0 Å².